The third-order valence-electron chi connectivity index (χ3n) is 5.16. The Kier molecular flexibility index (Phi) is 4.63. The van der Waals surface area contributed by atoms with Gasteiger partial charge in [0.05, 0.1) is 25.4 Å². The van der Waals surface area contributed by atoms with Gasteiger partial charge in [0.15, 0.2) is 0 Å². The van der Waals surface area contributed by atoms with E-state index >= 15 is 0 Å². The summed E-state index contributed by atoms with van der Waals surface area (Å²) >= 11 is 0. The molecule has 6 nitrogen and oxygen atoms in total. The number of nitrogens with zero attached hydrogens (tertiary/aromatic N) is 4. The quantitative estimate of drug-likeness (QED) is 0.753. The Bertz CT molecular complexity index is 704. The van der Waals surface area contributed by atoms with Gasteiger partial charge in [0, 0.05) is 31.3 Å². The molecule has 132 valence electrons. The van der Waals surface area contributed by atoms with Crippen molar-refractivity contribution >= 4 is 5.95 Å². The molecule has 0 aliphatic carbocycles. The van der Waals surface area contributed by atoms with Crippen molar-refractivity contribution < 1.29 is 9.47 Å². The highest BCUT2D eigenvalue weighted by molar-refractivity contribution is 5.37. The highest BCUT2D eigenvalue weighted by Gasteiger charge is 2.53. The van der Waals surface area contributed by atoms with Crippen LogP contribution in [-0.4, -0.2) is 46.9 Å². The summed E-state index contributed by atoms with van der Waals surface area (Å²) in [5.74, 6) is 1.34. The fourth-order valence-corrected chi connectivity index (χ4v) is 3.82. The van der Waals surface area contributed by atoms with E-state index in [2.05, 4.69) is 19.9 Å². The molecule has 1 spiro atoms. The minimum Gasteiger partial charge on any atom is -0.375 e. The van der Waals surface area contributed by atoms with E-state index in [-0.39, 0.29) is 5.60 Å². The number of anilines is 1. The largest absolute Gasteiger partial charge is 0.375 e. The van der Waals surface area contributed by atoms with Crippen molar-refractivity contribution in [2.75, 3.05) is 31.2 Å². The number of hydrogen-bond acceptors (Lipinski definition) is 6. The Morgan fingerprint density at radius 3 is 2.88 bits per heavy atom. The lowest BCUT2D eigenvalue weighted by molar-refractivity contribution is -0.0516. The highest BCUT2D eigenvalue weighted by Crippen LogP contribution is 2.42. The third-order valence-corrected chi connectivity index (χ3v) is 5.16. The van der Waals surface area contributed by atoms with Gasteiger partial charge in [-0.05, 0) is 43.9 Å². The summed E-state index contributed by atoms with van der Waals surface area (Å²) in [6.45, 7) is 5.91. The molecule has 2 aromatic heterocycles. The van der Waals surface area contributed by atoms with Crippen molar-refractivity contribution in [2.45, 2.75) is 32.0 Å². The van der Waals surface area contributed by atoms with Gasteiger partial charge >= 0.3 is 0 Å². The summed E-state index contributed by atoms with van der Waals surface area (Å²) in [4.78, 5) is 15.3. The average Bonchev–Trinajstić information content (AvgIpc) is 3.02. The number of hydrogen-bond donors (Lipinski definition) is 0. The van der Waals surface area contributed by atoms with Crippen LogP contribution < -0.4 is 4.90 Å². The molecule has 1 unspecified atom stereocenters. The van der Waals surface area contributed by atoms with E-state index in [0.29, 0.717) is 12.5 Å². The summed E-state index contributed by atoms with van der Waals surface area (Å²) < 4.78 is 12.0. The zero-order valence-corrected chi connectivity index (χ0v) is 14.6. The van der Waals surface area contributed by atoms with Gasteiger partial charge in [-0.3, -0.25) is 4.98 Å². The van der Waals surface area contributed by atoms with Gasteiger partial charge in [0.1, 0.15) is 5.60 Å². The number of pyridine rings is 1. The van der Waals surface area contributed by atoms with Gasteiger partial charge in [-0.25, -0.2) is 9.97 Å². The van der Waals surface area contributed by atoms with E-state index in [9.17, 15) is 0 Å². The lowest BCUT2D eigenvalue weighted by Crippen LogP contribution is -2.65. The highest BCUT2D eigenvalue weighted by atomic mass is 16.5. The molecule has 2 fully saturated rings. The maximum Gasteiger partial charge on any atom is 0.225 e. The molecule has 4 heterocycles. The van der Waals surface area contributed by atoms with Crippen LogP contribution in [0.3, 0.4) is 0 Å². The standard InChI is InChI=1S/C19H24N4O2/c1-15-4-2-5-17(22-15)12-24-10-6-16-7-11-25-19(16)13-23(14-19)18-20-8-3-9-21-18/h2-5,8-9,16H,6-7,10-14H2,1H3. The van der Waals surface area contributed by atoms with Gasteiger partial charge in [-0.1, -0.05) is 6.07 Å². The first kappa shape index (κ1) is 16.4. The first-order chi connectivity index (χ1) is 12.3. The molecule has 1 atom stereocenters. The van der Waals surface area contributed by atoms with Crippen LogP contribution in [-0.2, 0) is 16.1 Å². The summed E-state index contributed by atoms with van der Waals surface area (Å²) in [5.41, 5.74) is 1.99. The van der Waals surface area contributed by atoms with Gasteiger partial charge in [0.25, 0.3) is 0 Å². The van der Waals surface area contributed by atoms with E-state index in [4.69, 9.17) is 9.47 Å². The normalized spacial score (nSPS) is 21.5. The first-order valence-electron chi connectivity index (χ1n) is 8.91. The molecule has 25 heavy (non-hydrogen) atoms. The molecule has 2 saturated heterocycles. The predicted octanol–water partition coefficient (Wildman–Crippen LogP) is 2.38. The third kappa shape index (κ3) is 3.50. The first-order valence-corrected chi connectivity index (χ1v) is 8.91. The summed E-state index contributed by atoms with van der Waals surface area (Å²) in [5, 5.41) is 0. The van der Waals surface area contributed by atoms with E-state index in [1.807, 2.05) is 31.2 Å². The molecular formula is C19H24N4O2. The van der Waals surface area contributed by atoms with Crippen LogP contribution in [0.25, 0.3) is 0 Å². The smallest absolute Gasteiger partial charge is 0.225 e. The molecule has 0 N–H and O–H groups in total. The number of aromatic nitrogens is 3. The predicted molar refractivity (Wildman–Crippen MR) is 94.3 cm³/mol. The van der Waals surface area contributed by atoms with Gasteiger partial charge < -0.3 is 14.4 Å². The molecule has 2 aliphatic heterocycles. The van der Waals surface area contributed by atoms with Crippen molar-refractivity contribution in [3.63, 3.8) is 0 Å². The monoisotopic (exact) mass is 340 g/mol. The van der Waals surface area contributed by atoms with E-state index in [1.165, 1.54) is 0 Å². The number of rotatable bonds is 6. The number of aryl methyl sites for hydroxylation is 1. The molecule has 0 amide bonds. The van der Waals surface area contributed by atoms with Crippen LogP contribution in [0.5, 0.6) is 0 Å². The Balaban J connectivity index is 1.25. The second-order valence-corrected chi connectivity index (χ2v) is 6.92. The zero-order chi connectivity index (χ0) is 17.1. The Labute approximate surface area is 148 Å². The second-order valence-electron chi connectivity index (χ2n) is 6.92. The summed E-state index contributed by atoms with van der Waals surface area (Å²) in [6.07, 6.45) is 5.70. The SMILES string of the molecule is Cc1cccc(COCCC2CCOC23CN(c2ncccn2)C3)n1. The molecule has 2 aliphatic rings. The van der Waals surface area contributed by atoms with Crippen LogP contribution in [0.1, 0.15) is 24.2 Å². The fraction of sp³-hybridized carbons (Fsp3) is 0.526. The molecule has 4 rings (SSSR count). The fourth-order valence-electron chi connectivity index (χ4n) is 3.82. The van der Waals surface area contributed by atoms with Crippen LogP contribution in [0, 0.1) is 12.8 Å². The minimum atomic E-state index is -0.0376. The second kappa shape index (κ2) is 7.06. The molecule has 0 radical (unpaired) electrons. The molecule has 0 bridgehead atoms. The van der Waals surface area contributed by atoms with Crippen LogP contribution >= 0.6 is 0 Å². The Hall–Kier alpha value is -2.05. The van der Waals surface area contributed by atoms with Crippen LogP contribution in [0.4, 0.5) is 5.95 Å². The summed E-state index contributed by atoms with van der Waals surface area (Å²) in [6, 6.07) is 7.88. The Morgan fingerprint density at radius 1 is 1.24 bits per heavy atom. The van der Waals surface area contributed by atoms with Gasteiger partial charge in [-0.15, -0.1) is 0 Å². The van der Waals surface area contributed by atoms with E-state index in [1.54, 1.807) is 12.4 Å². The molecule has 0 aromatic carbocycles. The van der Waals surface area contributed by atoms with Gasteiger partial charge in [-0.2, -0.15) is 0 Å². The Morgan fingerprint density at radius 2 is 2.08 bits per heavy atom. The lowest BCUT2D eigenvalue weighted by Gasteiger charge is -2.50. The van der Waals surface area contributed by atoms with Crippen molar-refractivity contribution in [3.05, 3.63) is 48.0 Å². The summed E-state index contributed by atoms with van der Waals surface area (Å²) in [7, 11) is 0. The van der Waals surface area contributed by atoms with Crippen LogP contribution in [0.2, 0.25) is 0 Å². The topological polar surface area (TPSA) is 60.4 Å². The van der Waals surface area contributed by atoms with E-state index < -0.39 is 0 Å². The van der Waals surface area contributed by atoms with E-state index in [0.717, 1.165) is 56.5 Å². The van der Waals surface area contributed by atoms with Gasteiger partial charge in [0.2, 0.25) is 5.95 Å². The maximum absolute atomic E-state index is 6.11. The number of ether oxygens (including phenoxy) is 2. The minimum absolute atomic E-state index is 0.0376. The van der Waals surface area contributed by atoms with Crippen molar-refractivity contribution in [1.29, 1.82) is 0 Å². The van der Waals surface area contributed by atoms with Crippen molar-refractivity contribution in [3.8, 4) is 0 Å². The van der Waals surface area contributed by atoms with Crippen molar-refractivity contribution in [2.24, 2.45) is 5.92 Å². The zero-order valence-electron chi connectivity index (χ0n) is 14.6. The molecule has 6 heteroatoms. The molecule has 0 saturated carbocycles. The maximum atomic E-state index is 6.11. The van der Waals surface area contributed by atoms with Crippen molar-refractivity contribution in [1.82, 2.24) is 15.0 Å². The van der Waals surface area contributed by atoms with Crippen LogP contribution in [0.15, 0.2) is 36.7 Å². The molecule has 2 aromatic rings. The lowest BCUT2D eigenvalue weighted by atomic mass is 9.79. The molecular weight excluding hydrogens is 316 g/mol. The average molecular weight is 340 g/mol.